The van der Waals surface area contributed by atoms with Gasteiger partial charge in [-0.1, -0.05) is 0 Å². The van der Waals surface area contributed by atoms with Crippen LogP contribution in [0.25, 0.3) is 0 Å². The lowest BCUT2D eigenvalue weighted by atomic mass is 10.3. The van der Waals surface area contributed by atoms with Gasteiger partial charge in [0.05, 0.1) is 12.2 Å². The lowest BCUT2D eigenvalue weighted by Crippen LogP contribution is -2.41. The highest BCUT2D eigenvalue weighted by molar-refractivity contribution is 4.56. The molecule has 0 aliphatic heterocycles. The maximum absolute atomic E-state index is 8.83. The third-order valence-corrected chi connectivity index (χ3v) is 0.997. The number of aliphatic hydroxyl groups excluding tert-OH is 2. The minimum Gasteiger partial charge on any atom is -0.392 e. The molecule has 0 unspecified atom stereocenters. The molecule has 0 amide bonds. The third-order valence-electron chi connectivity index (χ3n) is 0.997. The van der Waals surface area contributed by atoms with Gasteiger partial charge < -0.3 is 10.2 Å². The largest absolute Gasteiger partial charge is 0.392 e. The molecule has 0 aliphatic rings. The van der Waals surface area contributed by atoms with Crippen molar-refractivity contribution in [2.75, 3.05) is 13.1 Å². The number of aliphatic hydroxyl groups is 2. The Hall–Kier alpha value is -0.160. The van der Waals surface area contributed by atoms with Crippen LogP contribution in [0.15, 0.2) is 0 Å². The van der Waals surface area contributed by atoms with Crippen LogP contribution >= 0.6 is 0 Å². The zero-order chi connectivity index (χ0) is 8.15. The Morgan fingerprint density at radius 1 is 1.20 bits per heavy atom. The molecule has 62 valence electrons. The van der Waals surface area contributed by atoms with Crippen molar-refractivity contribution in [3.05, 3.63) is 0 Å². The molecule has 10 heavy (non-hydrogen) atoms. The van der Waals surface area contributed by atoms with E-state index in [1.807, 2.05) is 0 Å². The molecule has 4 N–H and O–H groups in total. The summed E-state index contributed by atoms with van der Waals surface area (Å²) in [7, 11) is 0. The third kappa shape index (κ3) is 5.97. The molecule has 0 aromatic rings. The van der Waals surface area contributed by atoms with Crippen LogP contribution in [0.5, 0.6) is 0 Å². The second-order valence-corrected chi connectivity index (χ2v) is 2.65. The molecule has 0 fully saturated rings. The molecule has 0 aromatic carbocycles. The zero-order valence-electron chi connectivity index (χ0n) is 6.49. The highest BCUT2D eigenvalue weighted by Crippen LogP contribution is 1.87. The quantitative estimate of drug-likeness (QED) is 0.350. The maximum Gasteiger partial charge on any atom is 0.0653 e. The maximum atomic E-state index is 8.83. The fourth-order valence-electron chi connectivity index (χ4n) is 0.753. The summed E-state index contributed by atoms with van der Waals surface area (Å²) in [5.74, 6) is 5.39. The number of hydrazine groups is 1. The molecule has 4 heteroatoms. The van der Waals surface area contributed by atoms with E-state index >= 15 is 0 Å². The summed E-state index contributed by atoms with van der Waals surface area (Å²) in [6.07, 6.45) is -0.882. The molecule has 0 rings (SSSR count). The second-order valence-electron chi connectivity index (χ2n) is 2.65. The van der Waals surface area contributed by atoms with Crippen LogP contribution in [0.3, 0.4) is 0 Å². The Kier molecular flexibility index (Phi) is 4.55. The van der Waals surface area contributed by atoms with Crippen molar-refractivity contribution in [1.29, 1.82) is 0 Å². The van der Waals surface area contributed by atoms with Crippen LogP contribution in [0, 0.1) is 0 Å². The van der Waals surface area contributed by atoms with Crippen molar-refractivity contribution >= 4 is 0 Å². The molecule has 0 aromatic heterocycles. The number of nitrogens with two attached hydrogens (primary N) is 1. The Balaban J connectivity index is 3.34. The van der Waals surface area contributed by atoms with Crippen molar-refractivity contribution < 1.29 is 10.2 Å². The first-order valence-corrected chi connectivity index (χ1v) is 3.38. The van der Waals surface area contributed by atoms with E-state index in [-0.39, 0.29) is 0 Å². The van der Waals surface area contributed by atoms with Gasteiger partial charge in [0.25, 0.3) is 0 Å². The summed E-state index contributed by atoms with van der Waals surface area (Å²) in [4.78, 5) is 0. The molecule has 0 radical (unpaired) electrons. The summed E-state index contributed by atoms with van der Waals surface area (Å²) in [5.41, 5.74) is 0. The summed E-state index contributed by atoms with van der Waals surface area (Å²) < 4.78 is 0. The first-order valence-electron chi connectivity index (χ1n) is 3.38. The highest BCUT2D eigenvalue weighted by Gasteiger charge is 2.05. The van der Waals surface area contributed by atoms with Gasteiger partial charge >= 0.3 is 0 Å². The zero-order valence-corrected chi connectivity index (χ0v) is 6.49. The lowest BCUT2D eigenvalue weighted by Gasteiger charge is -2.18. The predicted molar refractivity (Wildman–Crippen MR) is 39.1 cm³/mol. The topological polar surface area (TPSA) is 69.7 Å². The summed E-state index contributed by atoms with van der Waals surface area (Å²) >= 11 is 0. The van der Waals surface area contributed by atoms with Gasteiger partial charge in [-0.25, -0.2) is 5.01 Å². The van der Waals surface area contributed by atoms with E-state index in [0.29, 0.717) is 13.1 Å². The van der Waals surface area contributed by atoms with Crippen LogP contribution in [0.4, 0.5) is 0 Å². The molecule has 2 atom stereocenters. The first-order chi connectivity index (χ1) is 4.52. The molecule has 0 saturated carbocycles. The predicted octanol–water partition coefficient (Wildman–Crippen LogP) is -1.08. The van der Waals surface area contributed by atoms with Gasteiger partial charge in [0, 0.05) is 13.1 Å². The van der Waals surface area contributed by atoms with E-state index in [4.69, 9.17) is 16.1 Å². The van der Waals surface area contributed by atoms with Crippen molar-refractivity contribution in [3.63, 3.8) is 0 Å². The average molecular weight is 148 g/mol. The molecule has 0 saturated heterocycles. The van der Waals surface area contributed by atoms with Crippen molar-refractivity contribution in [2.24, 2.45) is 5.84 Å². The van der Waals surface area contributed by atoms with Crippen LogP contribution < -0.4 is 5.84 Å². The van der Waals surface area contributed by atoms with Crippen LogP contribution in [-0.4, -0.2) is 40.5 Å². The molecule has 0 bridgehead atoms. The molecular weight excluding hydrogens is 132 g/mol. The van der Waals surface area contributed by atoms with E-state index in [1.165, 1.54) is 5.01 Å². The average Bonchev–Trinajstić information content (AvgIpc) is 1.58. The molecule has 0 spiro atoms. The van der Waals surface area contributed by atoms with Gasteiger partial charge in [0.2, 0.25) is 0 Å². The van der Waals surface area contributed by atoms with Gasteiger partial charge in [0.15, 0.2) is 0 Å². The summed E-state index contributed by atoms with van der Waals surface area (Å²) in [5, 5.41) is 19.1. The minimum atomic E-state index is -0.441. The van der Waals surface area contributed by atoms with Gasteiger partial charge in [-0.05, 0) is 13.8 Å². The Morgan fingerprint density at radius 2 is 1.50 bits per heavy atom. The fraction of sp³-hybridized carbons (Fsp3) is 1.00. The van der Waals surface area contributed by atoms with E-state index < -0.39 is 12.2 Å². The molecule has 0 heterocycles. The number of rotatable bonds is 4. The summed E-state index contributed by atoms with van der Waals surface area (Å²) in [6.45, 7) is 4.10. The van der Waals surface area contributed by atoms with E-state index in [0.717, 1.165) is 0 Å². The highest BCUT2D eigenvalue weighted by atomic mass is 16.3. The Labute approximate surface area is 61.2 Å². The monoisotopic (exact) mass is 148 g/mol. The number of nitrogens with zero attached hydrogens (tertiary/aromatic N) is 1. The van der Waals surface area contributed by atoms with E-state index in [1.54, 1.807) is 13.8 Å². The van der Waals surface area contributed by atoms with E-state index in [2.05, 4.69) is 0 Å². The smallest absolute Gasteiger partial charge is 0.0653 e. The van der Waals surface area contributed by atoms with Crippen LogP contribution in [-0.2, 0) is 0 Å². The number of hydrogen-bond acceptors (Lipinski definition) is 4. The van der Waals surface area contributed by atoms with E-state index in [9.17, 15) is 0 Å². The Bertz CT molecular complexity index is 75.8. The van der Waals surface area contributed by atoms with Crippen molar-refractivity contribution in [2.45, 2.75) is 26.1 Å². The van der Waals surface area contributed by atoms with Crippen molar-refractivity contribution in [3.8, 4) is 0 Å². The minimum absolute atomic E-state index is 0.394. The molecule has 0 aliphatic carbocycles. The van der Waals surface area contributed by atoms with Gasteiger partial charge in [-0.3, -0.25) is 5.84 Å². The Morgan fingerprint density at radius 3 is 1.70 bits per heavy atom. The SMILES string of the molecule is C[C@@H](O)CN(N)C[C@@H](C)O. The molecular formula is C6H16N2O2. The summed E-state index contributed by atoms with van der Waals surface area (Å²) in [6, 6.07) is 0. The van der Waals surface area contributed by atoms with Crippen LogP contribution in [0.2, 0.25) is 0 Å². The standard InChI is InChI=1S/C6H16N2O2/c1-5(9)3-8(7)4-6(2)10/h5-6,9-10H,3-4,7H2,1-2H3/t5-,6-/m1/s1. The normalized spacial score (nSPS) is 17.4. The van der Waals surface area contributed by atoms with Gasteiger partial charge in [-0.2, -0.15) is 0 Å². The second kappa shape index (κ2) is 4.62. The fourth-order valence-corrected chi connectivity index (χ4v) is 0.753. The molecule has 4 nitrogen and oxygen atoms in total. The van der Waals surface area contributed by atoms with Gasteiger partial charge in [-0.15, -0.1) is 0 Å². The van der Waals surface area contributed by atoms with Gasteiger partial charge in [0.1, 0.15) is 0 Å². The first kappa shape index (κ1) is 9.84. The lowest BCUT2D eigenvalue weighted by molar-refractivity contribution is 0.0841. The number of hydrogen-bond donors (Lipinski definition) is 3. The van der Waals surface area contributed by atoms with Crippen molar-refractivity contribution in [1.82, 2.24) is 5.01 Å². The van der Waals surface area contributed by atoms with Crippen LogP contribution in [0.1, 0.15) is 13.8 Å².